The number of hydrogen-bond donors (Lipinski definition) is 1. The molecule has 1 aromatic rings. The second-order valence-electron chi connectivity index (χ2n) is 5.62. The Kier molecular flexibility index (Phi) is 4.69. The van der Waals surface area contributed by atoms with Crippen LogP contribution in [-0.4, -0.2) is 6.54 Å². The van der Waals surface area contributed by atoms with E-state index in [2.05, 4.69) is 44.3 Å². The highest BCUT2D eigenvalue weighted by atomic mass is 35.5. The van der Waals surface area contributed by atoms with Crippen LogP contribution in [0.3, 0.4) is 0 Å². The Labute approximate surface area is 116 Å². The first kappa shape index (κ1) is 13.9. The maximum Gasteiger partial charge on any atom is 0.0438 e. The van der Waals surface area contributed by atoms with Crippen LogP contribution in [0, 0.1) is 18.8 Å². The summed E-state index contributed by atoms with van der Waals surface area (Å²) < 4.78 is 0. The molecule has 1 fully saturated rings. The molecule has 3 unspecified atom stereocenters. The van der Waals surface area contributed by atoms with Crippen LogP contribution in [0.25, 0.3) is 0 Å². The van der Waals surface area contributed by atoms with Gasteiger partial charge in [0.15, 0.2) is 0 Å². The first-order valence-electron chi connectivity index (χ1n) is 7.13. The molecule has 1 saturated carbocycles. The average Bonchev–Trinajstić information content (AvgIpc) is 2.76. The highest BCUT2D eigenvalue weighted by Crippen LogP contribution is 2.40. The van der Waals surface area contributed by atoms with Crippen molar-refractivity contribution >= 4 is 11.6 Å². The summed E-state index contributed by atoms with van der Waals surface area (Å²) in [6.45, 7) is 7.65. The van der Waals surface area contributed by atoms with Crippen LogP contribution in [0.4, 0.5) is 0 Å². The van der Waals surface area contributed by atoms with E-state index in [9.17, 15) is 0 Å². The van der Waals surface area contributed by atoms with Gasteiger partial charge in [0.25, 0.3) is 0 Å². The molecule has 1 N–H and O–H groups in total. The molecule has 0 radical (unpaired) electrons. The van der Waals surface area contributed by atoms with Crippen LogP contribution < -0.4 is 5.32 Å². The third kappa shape index (κ3) is 2.89. The van der Waals surface area contributed by atoms with E-state index >= 15 is 0 Å². The van der Waals surface area contributed by atoms with E-state index in [1.165, 1.54) is 24.8 Å². The molecule has 2 heteroatoms. The van der Waals surface area contributed by atoms with Crippen molar-refractivity contribution in [1.82, 2.24) is 5.32 Å². The molecule has 1 aliphatic rings. The zero-order valence-corrected chi connectivity index (χ0v) is 12.4. The number of nitrogens with one attached hydrogen (secondary N) is 1. The van der Waals surface area contributed by atoms with E-state index in [1.54, 1.807) is 0 Å². The summed E-state index contributed by atoms with van der Waals surface area (Å²) in [5, 5.41) is 4.55. The molecule has 0 aliphatic heterocycles. The van der Waals surface area contributed by atoms with Crippen molar-refractivity contribution in [1.29, 1.82) is 0 Å². The third-order valence-corrected chi connectivity index (χ3v) is 4.74. The van der Waals surface area contributed by atoms with E-state index in [0.717, 1.165) is 29.0 Å². The highest BCUT2D eigenvalue weighted by molar-refractivity contribution is 6.31. The molecule has 1 aromatic carbocycles. The van der Waals surface area contributed by atoms with Gasteiger partial charge in [-0.15, -0.1) is 0 Å². The van der Waals surface area contributed by atoms with Crippen LogP contribution >= 0.6 is 11.6 Å². The summed E-state index contributed by atoms with van der Waals surface area (Å²) in [7, 11) is 0. The van der Waals surface area contributed by atoms with Gasteiger partial charge in [-0.25, -0.2) is 0 Å². The Hall–Kier alpha value is -0.530. The number of hydrogen-bond acceptors (Lipinski definition) is 1. The maximum atomic E-state index is 6.27. The van der Waals surface area contributed by atoms with Crippen LogP contribution in [0.15, 0.2) is 18.2 Å². The molecule has 0 bridgehead atoms. The van der Waals surface area contributed by atoms with Crippen LogP contribution in [-0.2, 0) is 0 Å². The van der Waals surface area contributed by atoms with Gasteiger partial charge in [-0.1, -0.05) is 50.4 Å². The average molecular weight is 266 g/mol. The first-order chi connectivity index (χ1) is 8.63. The molecule has 0 aromatic heterocycles. The smallest absolute Gasteiger partial charge is 0.0438 e. The van der Waals surface area contributed by atoms with Gasteiger partial charge in [-0.3, -0.25) is 0 Å². The maximum absolute atomic E-state index is 6.27. The predicted octanol–water partition coefficient (Wildman–Crippen LogP) is 4.74. The molecular weight excluding hydrogens is 242 g/mol. The summed E-state index contributed by atoms with van der Waals surface area (Å²) in [6.07, 6.45) is 4.07. The van der Waals surface area contributed by atoms with E-state index in [1.807, 2.05) is 0 Å². The molecule has 0 amide bonds. The molecule has 1 aliphatic carbocycles. The second-order valence-corrected chi connectivity index (χ2v) is 6.02. The molecule has 1 nitrogen and oxygen atoms in total. The zero-order valence-electron chi connectivity index (χ0n) is 11.7. The molecule has 0 heterocycles. The minimum Gasteiger partial charge on any atom is -0.310 e. The van der Waals surface area contributed by atoms with Gasteiger partial charge in [0.2, 0.25) is 0 Å². The Morgan fingerprint density at radius 2 is 2.17 bits per heavy atom. The van der Waals surface area contributed by atoms with Crippen molar-refractivity contribution < 1.29 is 0 Å². The van der Waals surface area contributed by atoms with Gasteiger partial charge >= 0.3 is 0 Å². The van der Waals surface area contributed by atoms with Crippen LogP contribution in [0.5, 0.6) is 0 Å². The monoisotopic (exact) mass is 265 g/mol. The SMILES string of the molecule is CCNC(c1ccc(C)c(Cl)c1)C1CCCC1C. The highest BCUT2D eigenvalue weighted by Gasteiger charge is 2.31. The fraction of sp³-hybridized carbons (Fsp3) is 0.625. The normalized spacial score (nSPS) is 25.3. The van der Waals surface area contributed by atoms with Crippen molar-refractivity contribution in [3.05, 3.63) is 34.3 Å². The molecule has 3 atom stereocenters. The lowest BCUT2D eigenvalue weighted by Crippen LogP contribution is -2.29. The fourth-order valence-electron chi connectivity index (χ4n) is 3.21. The summed E-state index contributed by atoms with van der Waals surface area (Å²) in [5.74, 6) is 1.57. The molecule has 0 spiro atoms. The van der Waals surface area contributed by atoms with Gasteiger partial charge in [0.1, 0.15) is 0 Å². The lowest BCUT2D eigenvalue weighted by Gasteiger charge is -2.28. The Bertz CT molecular complexity index is 402. The van der Waals surface area contributed by atoms with Crippen molar-refractivity contribution in [3.8, 4) is 0 Å². The standard InChI is InChI=1S/C16H24ClN/c1-4-18-16(14-7-5-6-11(14)2)13-9-8-12(3)15(17)10-13/h8-11,14,16,18H,4-7H2,1-3H3. The first-order valence-corrected chi connectivity index (χ1v) is 7.50. The van der Waals surface area contributed by atoms with Gasteiger partial charge < -0.3 is 5.32 Å². The van der Waals surface area contributed by atoms with Gasteiger partial charge in [-0.05, 0) is 48.9 Å². The topological polar surface area (TPSA) is 12.0 Å². The Morgan fingerprint density at radius 3 is 2.72 bits per heavy atom. The molecule has 100 valence electrons. The molecule has 0 saturated heterocycles. The molecule has 2 rings (SSSR count). The molecular formula is C16H24ClN. The lowest BCUT2D eigenvalue weighted by atomic mass is 9.85. The Morgan fingerprint density at radius 1 is 1.39 bits per heavy atom. The van der Waals surface area contributed by atoms with Crippen molar-refractivity contribution in [3.63, 3.8) is 0 Å². The van der Waals surface area contributed by atoms with E-state index < -0.39 is 0 Å². The van der Waals surface area contributed by atoms with Gasteiger partial charge in [-0.2, -0.15) is 0 Å². The summed E-state index contributed by atoms with van der Waals surface area (Å²) in [6, 6.07) is 6.99. The van der Waals surface area contributed by atoms with Crippen molar-refractivity contribution in [2.75, 3.05) is 6.54 Å². The number of benzene rings is 1. The number of rotatable bonds is 4. The van der Waals surface area contributed by atoms with Crippen LogP contribution in [0.1, 0.15) is 50.3 Å². The van der Waals surface area contributed by atoms with Crippen LogP contribution in [0.2, 0.25) is 5.02 Å². The van der Waals surface area contributed by atoms with Gasteiger partial charge in [0, 0.05) is 11.1 Å². The minimum absolute atomic E-state index is 0.464. The minimum atomic E-state index is 0.464. The number of aryl methyl sites for hydroxylation is 1. The quantitative estimate of drug-likeness (QED) is 0.830. The number of halogens is 1. The lowest BCUT2D eigenvalue weighted by molar-refractivity contribution is 0.305. The van der Waals surface area contributed by atoms with E-state index in [0.29, 0.717) is 6.04 Å². The van der Waals surface area contributed by atoms with E-state index in [-0.39, 0.29) is 0 Å². The van der Waals surface area contributed by atoms with Crippen molar-refractivity contribution in [2.24, 2.45) is 11.8 Å². The largest absolute Gasteiger partial charge is 0.310 e. The summed E-state index contributed by atoms with van der Waals surface area (Å²) in [4.78, 5) is 0. The zero-order chi connectivity index (χ0) is 13.1. The summed E-state index contributed by atoms with van der Waals surface area (Å²) in [5.41, 5.74) is 2.52. The third-order valence-electron chi connectivity index (χ3n) is 4.34. The summed E-state index contributed by atoms with van der Waals surface area (Å²) >= 11 is 6.27. The fourth-order valence-corrected chi connectivity index (χ4v) is 3.40. The van der Waals surface area contributed by atoms with Gasteiger partial charge in [0.05, 0.1) is 0 Å². The van der Waals surface area contributed by atoms with E-state index in [4.69, 9.17) is 11.6 Å². The molecule has 18 heavy (non-hydrogen) atoms. The Balaban J connectivity index is 2.25. The van der Waals surface area contributed by atoms with Crippen molar-refractivity contribution in [2.45, 2.75) is 46.1 Å². The predicted molar refractivity (Wildman–Crippen MR) is 79.1 cm³/mol. The second kappa shape index (κ2) is 6.08.